The van der Waals surface area contributed by atoms with Gasteiger partial charge in [0.1, 0.15) is 0 Å². The Bertz CT molecular complexity index is 201. The molecule has 0 aromatic heterocycles. The van der Waals surface area contributed by atoms with Crippen molar-refractivity contribution in [1.29, 1.82) is 0 Å². The van der Waals surface area contributed by atoms with Crippen molar-refractivity contribution in [3.8, 4) is 12.3 Å². The highest BCUT2D eigenvalue weighted by molar-refractivity contribution is 4.73. The van der Waals surface area contributed by atoms with Gasteiger partial charge in [-0.2, -0.15) is 0 Å². The standard InChI is InChI=1S/C5H12.C3H6F2.C3H4.C2H6O.3C2H6.CH3NO2.CH4/c1-5(2,3)4;1-3(2,4)5;2*1-3-2;3*1-2;1-2(3)4;/h1-4H3;1-2H3;1H,2H3;1-2H3;3*1-2H3;1H3;1H4. The number of ether oxygens (including phenoxy) is 1. The average Bonchev–Trinajstić information content (AvgIpc) is 2.42. The molecule has 0 N–H and O–H groups in total. The van der Waals surface area contributed by atoms with E-state index in [1.54, 1.807) is 21.1 Å². The summed E-state index contributed by atoms with van der Waals surface area (Å²) < 4.78 is 26.3. The summed E-state index contributed by atoms with van der Waals surface area (Å²) in [5.41, 5.74) is 0.500. The molecule has 0 bridgehead atoms. The molecule has 0 unspecified atom stereocenters. The molecule has 0 amide bonds. The monoisotopic (exact) mass is 405 g/mol. The van der Waals surface area contributed by atoms with Crippen molar-refractivity contribution in [3.05, 3.63) is 10.1 Å². The molecule has 4 nitrogen and oxygen atoms in total. The van der Waals surface area contributed by atoms with Crippen LogP contribution in [0.15, 0.2) is 0 Å². The highest BCUT2D eigenvalue weighted by Crippen LogP contribution is 2.08. The summed E-state index contributed by atoms with van der Waals surface area (Å²) in [7, 11) is 4.14. The van der Waals surface area contributed by atoms with Crippen LogP contribution in [0.4, 0.5) is 8.78 Å². The zero-order valence-corrected chi connectivity index (χ0v) is 20.5. The van der Waals surface area contributed by atoms with Gasteiger partial charge in [-0.25, -0.2) is 8.78 Å². The Hall–Kier alpha value is -1.22. The Morgan fingerprint density at radius 3 is 0.889 bits per heavy atom. The summed E-state index contributed by atoms with van der Waals surface area (Å²) in [6, 6.07) is 0. The number of halogens is 2. The van der Waals surface area contributed by atoms with E-state index in [1.807, 2.05) is 41.5 Å². The minimum atomic E-state index is -2.50. The van der Waals surface area contributed by atoms with E-state index in [-0.39, 0.29) is 7.43 Å². The van der Waals surface area contributed by atoms with Gasteiger partial charge >= 0.3 is 0 Å². The molecule has 0 radical (unpaired) electrons. The molecule has 174 valence electrons. The number of hydrogen-bond donors (Lipinski definition) is 0. The molecule has 0 aliphatic heterocycles. The molecule has 6 heteroatoms. The maximum atomic E-state index is 11.0. The molecule has 27 heavy (non-hydrogen) atoms. The molecule has 0 aromatic carbocycles. The van der Waals surface area contributed by atoms with Crippen LogP contribution in [-0.4, -0.2) is 32.1 Å². The van der Waals surface area contributed by atoms with Crippen molar-refractivity contribution in [1.82, 2.24) is 0 Å². The van der Waals surface area contributed by atoms with E-state index in [2.05, 4.69) is 44.8 Å². The molecule has 0 atom stereocenters. The van der Waals surface area contributed by atoms with Crippen molar-refractivity contribution in [2.45, 2.75) is 103 Å². The van der Waals surface area contributed by atoms with Crippen molar-refractivity contribution in [2.75, 3.05) is 21.3 Å². The molecule has 0 spiro atoms. The van der Waals surface area contributed by atoms with E-state index >= 15 is 0 Å². The number of alkyl halides is 2. The predicted octanol–water partition coefficient (Wildman–Crippen LogP) is 8.22. The second kappa shape index (κ2) is 56.3. The third-order valence-electron chi connectivity index (χ3n) is 0. The molecule has 0 heterocycles. The van der Waals surface area contributed by atoms with E-state index in [9.17, 15) is 8.78 Å². The second-order valence-electron chi connectivity index (χ2n) is 5.46. The van der Waals surface area contributed by atoms with Crippen LogP contribution in [-0.2, 0) is 4.74 Å². The van der Waals surface area contributed by atoms with Crippen LogP contribution in [0.2, 0.25) is 0 Å². The van der Waals surface area contributed by atoms with Gasteiger partial charge in [-0.1, -0.05) is 76.7 Å². The lowest BCUT2D eigenvalue weighted by atomic mass is 10.0. The molecule has 0 aliphatic carbocycles. The molecule has 0 rings (SSSR count). The van der Waals surface area contributed by atoms with E-state index in [0.29, 0.717) is 5.41 Å². The number of methoxy groups -OCH3 is 1. The van der Waals surface area contributed by atoms with Crippen LogP contribution in [0, 0.1) is 27.9 Å². The maximum absolute atomic E-state index is 11.0. The van der Waals surface area contributed by atoms with Gasteiger partial charge in [0, 0.05) is 19.1 Å². The highest BCUT2D eigenvalue weighted by atomic mass is 19.3. The molecule has 0 saturated heterocycles. The van der Waals surface area contributed by atoms with Gasteiger partial charge in [0.2, 0.25) is 5.92 Å². The SMILES string of the molecule is C.C#CC.CC.CC.CC.CC(C)(C)C.CC(C)(F)F.COC.C[N+](=O)[O-]. The second-order valence-corrected chi connectivity index (χ2v) is 5.46. The summed E-state index contributed by atoms with van der Waals surface area (Å²) >= 11 is 0. The summed E-state index contributed by atoms with van der Waals surface area (Å²) in [4.78, 5) is 8.31. The fourth-order valence-corrected chi connectivity index (χ4v) is 0. The fraction of sp³-hybridized carbons (Fsp3) is 0.905. The van der Waals surface area contributed by atoms with Gasteiger partial charge in [0.05, 0.1) is 0 Å². The predicted molar refractivity (Wildman–Crippen MR) is 123 cm³/mol. The summed E-state index contributed by atoms with van der Waals surface area (Å²) in [5.74, 6) is -0.250. The number of nitrogens with zero attached hydrogens (tertiary/aromatic N) is 1. The van der Waals surface area contributed by atoms with Crippen molar-refractivity contribution in [3.63, 3.8) is 0 Å². The quantitative estimate of drug-likeness (QED) is 0.232. The first-order valence-electron chi connectivity index (χ1n) is 8.80. The van der Waals surface area contributed by atoms with Crippen LogP contribution in [0.3, 0.4) is 0 Å². The topological polar surface area (TPSA) is 52.4 Å². The summed E-state index contributed by atoms with van der Waals surface area (Å²) in [6.07, 6.45) is 4.60. The lowest BCUT2D eigenvalue weighted by molar-refractivity contribution is -0.445. The smallest absolute Gasteiger partial charge is 0.242 e. The van der Waals surface area contributed by atoms with Crippen molar-refractivity contribution in [2.24, 2.45) is 5.41 Å². The molecule has 0 fully saturated rings. The molecule has 0 saturated carbocycles. The number of hydrogen-bond acceptors (Lipinski definition) is 3. The lowest BCUT2D eigenvalue weighted by Crippen LogP contribution is -1.98. The van der Waals surface area contributed by atoms with E-state index in [4.69, 9.17) is 10.1 Å². The van der Waals surface area contributed by atoms with Crippen LogP contribution in [0.25, 0.3) is 0 Å². The lowest BCUT2D eigenvalue weighted by Gasteiger charge is -2.05. The first-order valence-corrected chi connectivity index (χ1v) is 8.80. The fourth-order valence-electron chi connectivity index (χ4n) is 0. The van der Waals surface area contributed by atoms with Gasteiger partial charge in [-0.15, -0.1) is 12.3 Å². The Labute approximate surface area is 171 Å². The normalized spacial score (nSPS) is 7.00. The Morgan fingerprint density at radius 2 is 0.889 bits per heavy atom. The number of rotatable bonds is 0. The minimum Gasteiger partial charge on any atom is -0.388 e. The molecular weight excluding hydrogens is 352 g/mol. The first-order chi connectivity index (χ1) is 11.6. The van der Waals surface area contributed by atoms with E-state index in [1.165, 1.54) is 0 Å². The van der Waals surface area contributed by atoms with Gasteiger partial charge in [0.15, 0.2) is 7.05 Å². The van der Waals surface area contributed by atoms with E-state index in [0.717, 1.165) is 20.9 Å². The van der Waals surface area contributed by atoms with Crippen LogP contribution < -0.4 is 0 Å². The van der Waals surface area contributed by atoms with Gasteiger partial charge in [-0.3, -0.25) is 10.1 Å². The Morgan fingerprint density at radius 1 is 0.889 bits per heavy atom. The number of nitro groups is 1. The third-order valence-corrected chi connectivity index (χ3v) is 0. The molecule has 0 aromatic rings. The largest absolute Gasteiger partial charge is 0.388 e. The average molecular weight is 406 g/mol. The maximum Gasteiger partial charge on any atom is 0.242 e. The van der Waals surface area contributed by atoms with Crippen molar-refractivity contribution < 1.29 is 18.4 Å². The third kappa shape index (κ3) is 8640. The van der Waals surface area contributed by atoms with Crippen LogP contribution in [0.5, 0.6) is 0 Å². The summed E-state index contributed by atoms with van der Waals surface area (Å²) in [6.45, 7) is 24.1. The Balaban J connectivity index is -0.0000000201. The number of terminal acetylenes is 1. The summed E-state index contributed by atoms with van der Waals surface area (Å²) in [5, 5.41) is 8.81. The zero-order valence-electron chi connectivity index (χ0n) is 20.5. The van der Waals surface area contributed by atoms with E-state index < -0.39 is 10.8 Å². The van der Waals surface area contributed by atoms with Gasteiger partial charge in [0.25, 0.3) is 0 Å². The minimum absolute atomic E-state index is 0. The Kier molecular flexibility index (Phi) is 117. The molecule has 0 aliphatic rings. The zero-order chi connectivity index (χ0) is 24.0. The van der Waals surface area contributed by atoms with Gasteiger partial charge < -0.3 is 4.74 Å². The van der Waals surface area contributed by atoms with Crippen molar-refractivity contribution >= 4 is 0 Å². The van der Waals surface area contributed by atoms with Crippen LogP contribution in [0.1, 0.15) is 97.4 Å². The van der Waals surface area contributed by atoms with Crippen LogP contribution >= 0.6 is 0 Å². The highest BCUT2D eigenvalue weighted by Gasteiger charge is 2.08. The first kappa shape index (κ1) is 56.2. The molecular formula is C21H53F2NO3. The van der Waals surface area contributed by atoms with Gasteiger partial charge in [-0.05, 0) is 26.2 Å².